The van der Waals surface area contributed by atoms with E-state index in [-0.39, 0.29) is 5.41 Å². The molecule has 1 rings (SSSR count). The van der Waals surface area contributed by atoms with Crippen LogP contribution in [0.5, 0.6) is 0 Å². The second-order valence-electron chi connectivity index (χ2n) is 4.70. The molecule has 3 nitrogen and oxygen atoms in total. The lowest BCUT2D eigenvalue weighted by Crippen LogP contribution is -2.33. The molecule has 1 aromatic heterocycles. The van der Waals surface area contributed by atoms with Crippen LogP contribution in [0, 0.1) is 5.41 Å². The Morgan fingerprint density at radius 3 is 2.80 bits per heavy atom. The van der Waals surface area contributed by atoms with Gasteiger partial charge in [0.25, 0.3) is 0 Å². The van der Waals surface area contributed by atoms with Crippen LogP contribution in [0.4, 0.5) is 0 Å². The molecule has 1 heterocycles. The van der Waals surface area contributed by atoms with Gasteiger partial charge in [-0.25, -0.2) is 0 Å². The topological polar surface area (TPSA) is 29.9 Å². The van der Waals surface area contributed by atoms with Crippen molar-refractivity contribution in [2.24, 2.45) is 5.41 Å². The predicted molar refractivity (Wildman–Crippen MR) is 64.2 cm³/mol. The van der Waals surface area contributed by atoms with E-state index < -0.39 is 0 Å². The van der Waals surface area contributed by atoms with Gasteiger partial charge in [-0.05, 0) is 18.4 Å². The summed E-state index contributed by atoms with van der Waals surface area (Å²) in [5.74, 6) is 0. The zero-order chi connectivity index (χ0) is 11.3. The maximum atomic E-state index is 5.82. The summed E-state index contributed by atoms with van der Waals surface area (Å²) in [6, 6.07) is 0. The molecule has 0 amide bonds. The molecule has 0 bridgehead atoms. The minimum atomic E-state index is 0.199. The first-order valence-corrected chi connectivity index (χ1v) is 5.80. The third-order valence-corrected chi connectivity index (χ3v) is 2.42. The summed E-state index contributed by atoms with van der Waals surface area (Å²) >= 11 is 5.82. The fourth-order valence-corrected chi connectivity index (χ4v) is 1.68. The molecule has 0 aliphatic rings. The molecule has 86 valence electrons. The lowest BCUT2D eigenvalue weighted by molar-refractivity contribution is 0.277. The van der Waals surface area contributed by atoms with Gasteiger partial charge in [-0.2, -0.15) is 5.10 Å². The van der Waals surface area contributed by atoms with E-state index in [0.29, 0.717) is 5.02 Å². The monoisotopic (exact) mass is 229 g/mol. The number of rotatable bonds is 6. The molecular formula is C11H20ClN3. The normalized spacial score (nSPS) is 12.0. The fourth-order valence-electron chi connectivity index (χ4n) is 1.52. The Hall–Kier alpha value is -0.540. The maximum Gasteiger partial charge on any atom is 0.0785 e. The zero-order valence-electron chi connectivity index (χ0n) is 9.76. The molecule has 0 saturated heterocycles. The van der Waals surface area contributed by atoms with Gasteiger partial charge in [0.2, 0.25) is 0 Å². The molecule has 0 radical (unpaired) electrons. The first-order chi connectivity index (χ1) is 7.03. The average molecular weight is 230 g/mol. The standard InChI is InChI=1S/C11H20ClN3/c1-4-5-13-8-11(2,3)9-15-7-10(12)6-14-15/h6-7,13H,4-5,8-9H2,1-3H3. The molecule has 0 aliphatic heterocycles. The van der Waals surface area contributed by atoms with Crippen LogP contribution in [-0.4, -0.2) is 22.9 Å². The Labute approximate surface area is 96.8 Å². The third-order valence-electron chi connectivity index (χ3n) is 2.22. The van der Waals surface area contributed by atoms with Crippen molar-refractivity contribution in [2.45, 2.75) is 33.7 Å². The van der Waals surface area contributed by atoms with Crippen LogP contribution in [0.2, 0.25) is 5.02 Å². The Kier molecular flexibility index (Phi) is 4.61. The number of hydrogen-bond donors (Lipinski definition) is 1. The summed E-state index contributed by atoms with van der Waals surface area (Å²) in [6.45, 7) is 9.59. The van der Waals surface area contributed by atoms with Gasteiger partial charge in [-0.1, -0.05) is 32.4 Å². The lowest BCUT2D eigenvalue weighted by Gasteiger charge is -2.24. The van der Waals surface area contributed by atoms with Crippen molar-refractivity contribution in [3.63, 3.8) is 0 Å². The molecular weight excluding hydrogens is 210 g/mol. The molecule has 0 saturated carbocycles. The first kappa shape index (κ1) is 12.5. The Bertz CT molecular complexity index is 294. The summed E-state index contributed by atoms with van der Waals surface area (Å²) in [5, 5.41) is 8.32. The Balaban J connectivity index is 2.41. The molecule has 0 aromatic carbocycles. The number of nitrogens with one attached hydrogen (secondary N) is 1. The summed E-state index contributed by atoms with van der Waals surface area (Å²) in [5.41, 5.74) is 0.199. The van der Waals surface area contributed by atoms with E-state index in [1.165, 1.54) is 6.42 Å². The number of aromatic nitrogens is 2. The molecule has 0 fully saturated rings. The highest BCUT2D eigenvalue weighted by atomic mass is 35.5. The average Bonchev–Trinajstić information content (AvgIpc) is 2.50. The van der Waals surface area contributed by atoms with E-state index in [0.717, 1.165) is 19.6 Å². The molecule has 0 atom stereocenters. The van der Waals surface area contributed by atoms with Crippen molar-refractivity contribution in [3.8, 4) is 0 Å². The Morgan fingerprint density at radius 2 is 2.27 bits per heavy atom. The van der Waals surface area contributed by atoms with Crippen molar-refractivity contribution in [3.05, 3.63) is 17.4 Å². The van der Waals surface area contributed by atoms with Crippen LogP contribution in [0.1, 0.15) is 27.2 Å². The summed E-state index contributed by atoms with van der Waals surface area (Å²) in [4.78, 5) is 0. The smallest absolute Gasteiger partial charge is 0.0785 e. The van der Waals surface area contributed by atoms with Crippen LogP contribution >= 0.6 is 11.6 Å². The van der Waals surface area contributed by atoms with Crippen molar-refractivity contribution in [1.82, 2.24) is 15.1 Å². The highest BCUT2D eigenvalue weighted by Crippen LogP contribution is 2.17. The van der Waals surface area contributed by atoms with Crippen LogP contribution < -0.4 is 5.32 Å². The lowest BCUT2D eigenvalue weighted by atomic mass is 9.93. The van der Waals surface area contributed by atoms with Crippen LogP contribution in [0.3, 0.4) is 0 Å². The molecule has 0 unspecified atom stereocenters. The Morgan fingerprint density at radius 1 is 1.53 bits per heavy atom. The maximum absolute atomic E-state index is 5.82. The van der Waals surface area contributed by atoms with Gasteiger partial charge in [0.05, 0.1) is 11.2 Å². The molecule has 0 spiro atoms. The van der Waals surface area contributed by atoms with Crippen molar-refractivity contribution >= 4 is 11.6 Å². The van der Waals surface area contributed by atoms with Gasteiger partial charge in [-0.15, -0.1) is 0 Å². The molecule has 15 heavy (non-hydrogen) atoms. The highest BCUT2D eigenvalue weighted by molar-refractivity contribution is 6.30. The predicted octanol–water partition coefficient (Wildman–Crippen LogP) is 2.56. The van der Waals surface area contributed by atoms with Crippen molar-refractivity contribution < 1.29 is 0 Å². The van der Waals surface area contributed by atoms with E-state index in [9.17, 15) is 0 Å². The van der Waals surface area contributed by atoms with Crippen molar-refractivity contribution in [2.75, 3.05) is 13.1 Å². The zero-order valence-corrected chi connectivity index (χ0v) is 10.5. The molecule has 1 aromatic rings. The van der Waals surface area contributed by atoms with Crippen LogP contribution in [0.15, 0.2) is 12.4 Å². The third kappa shape index (κ3) is 4.67. The highest BCUT2D eigenvalue weighted by Gasteiger charge is 2.18. The number of nitrogens with zero attached hydrogens (tertiary/aromatic N) is 2. The quantitative estimate of drug-likeness (QED) is 0.760. The van der Waals surface area contributed by atoms with E-state index in [2.05, 4.69) is 31.2 Å². The van der Waals surface area contributed by atoms with Gasteiger partial charge in [0, 0.05) is 19.3 Å². The van der Waals surface area contributed by atoms with Gasteiger partial charge in [0.1, 0.15) is 0 Å². The van der Waals surface area contributed by atoms with Gasteiger partial charge in [0.15, 0.2) is 0 Å². The molecule has 0 aliphatic carbocycles. The van der Waals surface area contributed by atoms with Crippen molar-refractivity contribution in [1.29, 1.82) is 0 Å². The van der Waals surface area contributed by atoms with E-state index in [1.54, 1.807) is 6.20 Å². The SMILES string of the molecule is CCCNCC(C)(C)Cn1cc(Cl)cn1. The molecule has 4 heteroatoms. The van der Waals surface area contributed by atoms with Gasteiger partial charge in [-0.3, -0.25) is 4.68 Å². The largest absolute Gasteiger partial charge is 0.316 e. The summed E-state index contributed by atoms with van der Waals surface area (Å²) < 4.78 is 1.90. The van der Waals surface area contributed by atoms with Crippen LogP contribution in [-0.2, 0) is 6.54 Å². The van der Waals surface area contributed by atoms with Gasteiger partial charge < -0.3 is 5.32 Å². The van der Waals surface area contributed by atoms with E-state index >= 15 is 0 Å². The van der Waals surface area contributed by atoms with E-state index in [1.807, 2.05) is 10.9 Å². The van der Waals surface area contributed by atoms with Crippen LogP contribution in [0.25, 0.3) is 0 Å². The second kappa shape index (κ2) is 5.52. The molecule has 1 N–H and O–H groups in total. The second-order valence-corrected chi connectivity index (χ2v) is 5.13. The minimum Gasteiger partial charge on any atom is -0.316 e. The number of halogens is 1. The summed E-state index contributed by atoms with van der Waals surface area (Å²) in [7, 11) is 0. The minimum absolute atomic E-state index is 0.199. The first-order valence-electron chi connectivity index (χ1n) is 5.42. The fraction of sp³-hybridized carbons (Fsp3) is 0.727. The summed E-state index contributed by atoms with van der Waals surface area (Å²) in [6.07, 6.45) is 4.71. The van der Waals surface area contributed by atoms with E-state index in [4.69, 9.17) is 11.6 Å². The van der Waals surface area contributed by atoms with Gasteiger partial charge >= 0.3 is 0 Å². The number of hydrogen-bond acceptors (Lipinski definition) is 2.